The fraction of sp³-hybridized carbons (Fsp3) is 0.286. The molecule has 0 aliphatic rings. The monoisotopic (exact) mass is 262 g/mol. The summed E-state index contributed by atoms with van der Waals surface area (Å²) < 4.78 is 0. The number of hydrogen-bond donors (Lipinski definition) is 3. The second-order valence-corrected chi connectivity index (χ2v) is 6.56. The molecule has 0 heterocycles. The number of phenolic OH excluding ortho intramolecular Hbond substituents is 2. The maximum atomic E-state index is 9.91. The van der Waals surface area contributed by atoms with Crippen molar-refractivity contribution in [3.05, 3.63) is 29.8 Å². The lowest BCUT2D eigenvalue weighted by molar-refractivity contribution is 0.407. The first-order valence-electron chi connectivity index (χ1n) is 5.94. The van der Waals surface area contributed by atoms with Crippen LogP contribution in [0.15, 0.2) is 24.3 Å². The number of rotatable bonds is 1. The molecule has 0 saturated carbocycles. The number of hydrogen-bond acceptors (Lipinski definition) is 3. The highest BCUT2D eigenvalue weighted by Gasteiger charge is 2.21. The Morgan fingerprint density at radius 2 is 1.78 bits per heavy atom. The van der Waals surface area contributed by atoms with Gasteiger partial charge in [-0.15, -0.1) is 0 Å². The molecule has 96 valence electrons. The fourth-order valence-electron chi connectivity index (χ4n) is 2.29. The number of benzene rings is 2. The lowest BCUT2D eigenvalue weighted by Gasteiger charge is -2.23. The zero-order chi connectivity index (χ0) is 13.5. The lowest BCUT2D eigenvalue weighted by Crippen LogP contribution is -2.21. The quantitative estimate of drug-likeness (QED) is 0.535. The molecule has 0 spiro atoms. The van der Waals surface area contributed by atoms with Crippen LogP contribution in [0.2, 0.25) is 0 Å². The summed E-state index contributed by atoms with van der Waals surface area (Å²) in [5.74, 6) is -0.335. The second kappa shape index (κ2) is 4.30. The van der Waals surface area contributed by atoms with Crippen molar-refractivity contribution in [1.29, 1.82) is 0 Å². The number of fused-ring (bicyclic) bond motifs is 1. The topological polar surface area (TPSA) is 60.7 Å². The van der Waals surface area contributed by atoms with Gasteiger partial charge < -0.3 is 15.0 Å². The van der Waals surface area contributed by atoms with Crippen LogP contribution in [0.4, 0.5) is 0 Å². The summed E-state index contributed by atoms with van der Waals surface area (Å²) in [6, 6.07) is 7.37. The van der Waals surface area contributed by atoms with Crippen molar-refractivity contribution in [1.82, 2.24) is 0 Å². The first-order valence-corrected chi connectivity index (χ1v) is 7.28. The van der Waals surface area contributed by atoms with Crippen molar-refractivity contribution in [2.24, 2.45) is 0 Å². The highest BCUT2D eigenvalue weighted by Crippen LogP contribution is 2.34. The summed E-state index contributed by atoms with van der Waals surface area (Å²) in [5.41, 5.74) is 0.994. The van der Waals surface area contributed by atoms with Gasteiger partial charge in [0.15, 0.2) is 21.3 Å². The van der Waals surface area contributed by atoms with Crippen LogP contribution in [0.1, 0.15) is 26.3 Å². The molecular weight excluding hydrogens is 244 g/mol. The summed E-state index contributed by atoms with van der Waals surface area (Å²) in [4.78, 5) is 9.60. The van der Waals surface area contributed by atoms with E-state index in [9.17, 15) is 15.0 Å². The Kier molecular flexibility index (Phi) is 3.08. The number of phenols is 2. The van der Waals surface area contributed by atoms with Crippen LogP contribution >= 0.6 is 0 Å². The molecule has 4 heteroatoms. The Balaban J connectivity index is 2.95. The molecule has 0 atom stereocenters. The minimum atomic E-state index is -1.57. The van der Waals surface area contributed by atoms with Crippen LogP contribution < -0.4 is 5.19 Å². The molecule has 2 aromatic rings. The molecule has 0 aliphatic carbocycles. The van der Waals surface area contributed by atoms with E-state index in [-0.39, 0.29) is 16.9 Å². The van der Waals surface area contributed by atoms with Gasteiger partial charge in [-0.3, -0.25) is 0 Å². The van der Waals surface area contributed by atoms with E-state index < -0.39 is 9.76 Å². The standard InChI is InChI=1S/C14H18O3Si/c1-14(2,3)9-6-4-5-8-7-10(15)12(16)13(18-17)11(8)9/h4-7,15-17H,18H2,1-3H3. The Bertz CT molecular complexity index is 600. The fourth-order valence-corrected chi connectivity index (χ4v) is 3.18. The Labute approximate surface area is 109 Å². The molecule has 0 aliphatic heterocycles. The smallest absolute Gasteiger partial charge is 0.192 e. The first-order chi connectivity index (χ1) is 8.36. The first kappa shape index (κ1) is 12.9. The maximum Gasteiger partial charge on any atom is 0.192 e. The van der Waals surface area contributed by atoms with Crippen LogP contribution in [-0.4, -0.2) is 24.8 Å². The molecule has 3 N–H and O–H groups in total. The van der Waals surface area contributed by atoms with Crippen molar-refractivity contribution >= 4 is 25.7 Å². The zero-order valence-corrected chi connectivity index (χ0v) is 12.3. The van der Waals surface area contributed by atoms with Crippen LogP contribution in [0.25, 0.3) is 10.8 Å². The van der Waals surface area contributed by atoms with Gasteiger partial charge >= 0.3 is 0 Å². The largest absolute Gasteiger partial charge is 0.504 e. The van der Waals surface area contributed by atoms with E-state index >= 15 is 0 Å². The average Bonchev–Trinajstić information content (AvgIpc) is 2.29. The van der Waals surface area contributed by atoms with E-state index in [1.54, 1.807) is 6.07 Å². The van der Waals surface area contributed by atoms with E-state index in [2.05, 4.69) is 20.8 Å². The van der Waals surface area contributed by atoms with Gasteiger partial charge in [0.2, 0.25) is 0 Å². The van der Waals surface area contributed by atoms with Gasteiger partial charge in [-0.1, -0.05) is 39.0 Å². The molecule has 0 unspecified atom stereocenters. The van der Waals surface area contributed by atoms with E-state index in [0.717, 1.165) is 16.3 Å². The minimum Gasteiger partial charge on any atom is -0.504 e. The third-order valence-corrected chi connectivity index (χ3v) is 4.19. The van der Waals surface area contributed by atoms with Gasteiger partial charge in [0.05, 0.1) is 0 Å². The van der Waals surface area contributed by atoms with Crippen LogP contribution in [0, 0.1) is 0 Å². The van der Waals surface area contributed by atoms with Crippen molar-refractivity contribution in [2.45, 2.75) is 26.2 Å². The molecule has 0 saturated heterocycles. The van der Waals surface area contributed by atoms with E-state index in [1.165, 1.54) is 0 Å². The molecule has 0 bridgehead atoms. The zero-order valence-electron chi connectivity index (χ0n) is 10.9. The maximum absolute atomic E-state index is 9.91. The van der Waals surface area contributed by atoms with Crippen molar-refractivity contribution in [2.75, 3.05) is 0 Å². The molecule has 0 fully saturated rings. The highest BCUT2D eigenvalue weighted by atomic mass is 28.2. The Morgan fingerprint density at radius 1 is 1.11 bits per heavy atom. The predicted molar refractivity (Wildman–Crippen MR) is 76.4 cm³/mol. The van der Waals surface area contributed by atoms with Crippen molar-refractivity contribution in [3.63, 3.8) is 0 Å². The van der Waals surface area contributed by atoms with Gasteiger partial charge in [0.1, 0.15) is 0 Å². The summed E-state index contributed by atoms with van der Waals surface area (Å²) in [7, 11) is -1.57. The third kappa shape index (κ3) is 1.98. The van der Waals surface area contributed by atoms with Gasteiger partial charge in [-0.05, 0) is 27.8 Å². The van der Waals surface area contributed by atoms with Gasteiger partial charge in [0, 0.05) is 5.19 Å². The van der Waals surface area contributed by atoms with E-state index in [1.807, 2.05) is 18.2 Å². The summed E-state index contributed by atoms with van der Waals surface area (Å²) in [6.07, 6.45) is 0. The molecule has 2 rings (SSSR count). The molecule has 0 aromatic heterocycles. The van der Waals surface area contributed by atoms with Crippen LogP contribution in [0.3, 0.4) is 0 Å². The Morgan fingerprint density at radius 3 is 2.33 bits per heavy atom. The molecule has 0 radical (unpaired) electrons. The molecule has 18 heavy (non-hydrogen) atoms. The average molecular weight is 262 g/mol. The SMILES string of the molecule is CC(C)(C)c1cccc2cc(O)c(O)c([SiH2]O)c12. The van der Waals surface area contributed by atoms with Gasteiger partial charge in [-0.25, -0.2) is 0 Å². The predicted octanol–water partition coefficient (Wildman–Crippen LogP) is 1.25. The minimum absolute atomic E-state index is 0.0821. The van der Waals surface area contributed by atoms with Crippen molar-refractivity contribution < 1.29 is 15.0 Å². The van der Waals surface area contributed by atoms with Crippen LogP contribution in [-0.2, 0) is 5.41 Å². The third-order valence-electron chi connectivity index (χ3n) is 3.19. The summed E-state index contributed by atoms with van der Waals surface area (Å²) in [5, 5.41) is 21.9. The molecule has 2 aromatic carbocycles. The molecule has 3 nitrogen and oxygen atoms in total. The Hall–Kier alpha value is -1.52. The normalized spacial score (nSPS) is 12.7. The van der Waals surface area contributed by atoms with Gasteiger partial charge in [-0.2, -0.15) is 0 Å². The molecular formula is C14H18O3Si. The van der Waals surface area contributed by atoms with Crippen molar-refractivity contribution in [3.8, 4) is 11.5 Å². The van der Waals surface area contributed by atoms with Gasteiger partial charge in [0.25, 0.3) is 0 Å². The number of aromatic hydroxyl groups is 2. The second-order valence-electron chi connectivity index (χ2n) is 5.53. The summed E-state index contributed by atoms with van der Waals surface area (Å²) in [6.45, 7) is 6.27. The van der Waals surface area contributed by atoms with E-state index in [4.69, 9.17) is 0 Å². The summed E-state index contributed by atoms with van der Waals surface area (Å²) >= 11 is 0. The van der Waals surface area contributed by atoms with E-state index in [0.29, 0.717) is 5.19 Å². The lowest BCUT2D eigenvalue weighted by atomic mass is 9.83. The molecule has 0 amide bonds. The highest BCUT2D eigenvalue weighted by molar-refractivity contribution is 6.52. The van der Waals surface area contributed by atoms with Crippen LogP contribution in [0.5, 0.6) is 11.5 Å².